The van der Waals surface area contributed by atoms with Crippen molar-refractivity contribution in [3.8, 4) is 0 Å². The van der Waals surface area contributed by atoms with Crippen molar-refractivity contribution >= 4 is 27.7 Å². The molecule has 6 heteroatoms. The molecule has 0 aliphatic rings. The van der Waals surface area contributed by atoms with E-state index in [0.717, 1.165) is 0 Å². The lowest BCUT2D eigenvalue weighted by atomic mass is 10.0. The van der Waals surface area contributed by atoms with Crippen molar-refractivity contribution in [2.75, 3.05) is 12.3 Å². The van der Waals surface area contributed by atoms with Crippen LogP contribution in [0.2, 0.25) is 0 Å². The number of rotatable bonds is 3. The lowest BCUT2D eigenvalue weighted by Gasteiger charge is -2.11. The molecule has 0 aliphatic heterocycles. The van der Waals surface area contributed by atoms with E-state index < -0.39 is 11.9 Å². The van der Waals surface area contributed by atoms with Gasteiger partial charge in [-0.15, -0.1) is 0 Å². The molecular weight excluding hydrogens is 250 g/mol. The van der Waals surface area contributed by atoms with Crippen molar-refractivity contribution in [3.63, 3.8) is 0 Å². The zero-order chi connectivity index (χ0) is 10.7. The van der Waals surface area contributed by atoms with Crippen LogP contribution in [0.25, 0.3) is 0 Å². The number of nitrogens with two attached hydrogens (primary N) is 2. The molecule has 14 heavy (non-hydrogen) atoms. The van der Waals surface area contributed by atoms with Crippen LogP contribution in [0, 0.1) is 0 Å². The maximum atomic E-state index is 10.8. The Bertz CT molecular complexity index is 356. The number of carboxylic acid groups (broad SMARTS) is 1. The van der Waals surface area contributed by atoms with Gasteiger partial charge in [0.2, 0.25) is 0 Å². The van der Waals surface area contributed by atoms with Crippen LogP contribution in [-0.4, -0.2) is 22.6 Å². The van der Waals surface area contributed by atoms with Gasteiger partial charge in [-0.05, 0) is 22.0 Å². The number of nitrogens with zero attached hydrogens (tertiary/aromatic N) is 1. The summed E-state index contributed by atoms with van der Waals surface area (Å²) in [6, 6.07) is 1.62. The summed E-state index contributed by atoms with van der Waals surface area (Å²) in [6.07, 6.45) is 1.51. The van der Waals surface area contributed by atoms with Gasteiger partial charge in [0.05, 0.1) is 5.92 Å². The SMILES string of the molecule is NCC(C(=O)O)c1cc(Br)cnc1N. The summed E-state index contributed by atoms with van der Waals surface area (Å²) >= 11 is 3.19. The average molecular weight is 260 g/mol. The molecule has 5 nitrogen and oxygen atoms in total. The minimum absolute atomic E-state index is 0.00231. The highest BCUT2D eigenvalue weighted by molar-refractivity contribution is 9.10. The van der Waals surface area contributed by atoms with Crippen LogP contribution < -0.4 is 11.5 Å². The smallest absolute Gasteiger partial charge is 0.312 e. The Morgan fingerprint density at radius 3 is 2.86 bits per heavy atom. The molecule has 0 radical (unpaired) electrons. The number of hydrogen-bond donors (Lipinski definition) is 3. The molecule has 1 aromatic rings. The molecule has 0 amide bonds. The topological polar surface area (TPSA) is 102 Å². The molecule has 0 saturated carbocycles. The van der Waals surface area contributed by atoms with E-state index in [9.17, 15) is 4.79 Å². The van der Waals surface area contributed by atoms with Gasteiger partial charge in [0.15, 0.2) is 0 Å². The predicted octanol–water partition coefficient (Wildman–Crippen LogP) is 0.553. The lowest BCUT2D eigenvalue weighted by molar-refractivity contribution is -0.138. The molecule has 0 aliphatic carbocycles. The summed E-state index contributed by atoms with van der Waals surface area (Å²) in [4.78, 5) is 14.7. The number of hydrogen-bond acceptors (Lipinski definition) is 4. The third kappa shape index (κ3) is 2.21. The molecule has 0 spiro atoms. The lowest BCUT2D eigenvalue weighted by Crippen LogP contribution is -2.22. The van der Waals surface area contributed by atoms with Crippen molar-refractivity contribution in [2.45, 2.75) is 5.92 Å². The molecule has 0 bridgehead atoms. The number of halogens is 1. The molecule has 0 saturated heterocycles. The van der Waals surface area contributed by atoms with Gasteiger partial charge >= 0.3 is 5.97 Å². The van der Waals surface area contributed by atoms with E-state index in [1.807, 2.05) is 0 Å². The Morgan fingerprint density at radius 2 is 2.36 bits per heavy atom. The van der Waals surface area contributed by atoms with Crippen LogP contribution in [0.1, 0.15) is 11.5 Å². The van der Waals surface area contributed by atoms with Gasteiger partial charge < -0.3 is 16.6 Å². The maximum Gasteiger partial charge on any atom is 0.312 e. The van der Waals surface area contributed by atoms with Crippen LogP contribution in [0.3, 0.4) is 0 Å². The van der Waals surface area contributed by atoms with Crippen molar-refractivity contribution < 1.29 is 9.90 Å². The van der Waals surface area contributed by atoms with E-state index in [1.165, 1.54) is 6.20 Å². The Balaban J connectivity index is 3.15. The fraction of sp³-hybridized carbons (Fsp3) is 0.250. The largest absolute Gasteiger partial charge is 0.481 e. The number of aromatic nitrogens is 1. The van der Waals surface area contributed by atoms with Gasteiger partial charge in [-0.3, -0.25) is 4.79 Å². The molecule has 1 unspecified atom stereocenters. The fourth-order valence-electron chi connectivity index (χ4n) is 1.11. The summed E-state index contributed by atoms with van der Waals surface area (Å²) in [7, 11) is 0. The second-order valence-corrected chi connectivity index (χ2v) is 3.67. The van der Waals surface area contributed by atoms with Gasteiger partial charge in [0.1, 0.15) is 5.82 Å². The van der Waals surface area contributed by atoms with Gasteiger partial charge in [0.25, 0.3) is 0 Å². The van der Waals surface area contributed by atoms with Crippen molar-refractivity contribution in [2.24, 2.45) is 5.73 Å². The van der Waals surface area contributed by atoms with Gasteiger partial charge in [-0.25, -0.2) is 4.98 Å². The number of aliphatic carboxylic acids is 1. The first-order chi connectivity index (χ1) is 6.56. The molecule has 0 fully saturated rings. The first-order valence-electron chi connectivity index (χ1n) is 3.90. The number of carbonyl (C=O) groups is 1. The van der Waals surface area contributed by atoms with Crippen LogP contribution in [0.4, 0.5) is 5.82 Å². The Kier molecular flexibility index (Phi) is 3.43. The van der Waals surface area contributed by atoms with E-state index in [0.29, 0.717) is 10.0 Å². The molecule has 1 atom stereocenters. The minimum atomic E-state index is -1.00. The van der Waals surface area contributed by atoms with Crippen molar-refractivity contribution in [3.05, 3.63) is 22.3 Å². The molecule has 1 heterocycles. The first kappa shape index (κ1) is 10.9. The molecule has 1 aromatic heterocycles. The van der Waals surface area contributed by atoms with Crippen LogP contribution in [0.15, 0.2) is 16.7 Å². The Morgan fingerprint density at radius 1 is 1.71 bits per heavy atom. The van der Waals surface area contributed by atoms with Gasteiger partial charge in [-0.2, -0.15) is 0 Å². The number of nitrogen functional groups attached to an aromatic ring is 1. The second kappa shape index (κ2) is 4.39. The third-order valence-electron chi connectivity index (χ3n) is 1.83. The van der Waals surface area contributed by atoms with Crippen LogP contribution in [-0.2, 0) is 4.79 Å². The van der Waals surface area contributed by atoms with Crippen molar-refractivity contribution in [1.82, 2.24) is 4.98 Å². The van der Waals surface area contributed by atoms with E-state index in [1.54, 1.807) is 6.07 Å². The number of pyridine rings is 1. The van der Waals surface area contributed by atoms with E-state index in [4.69, 9.17) is 16.6 Å². The van der Waals surface area contributed by atoms with E-state index in [2.05, 4.69) is 20.9 Å². The highest BCUT2D eigenvalue weighted by Crippen LogP contribution is 2.23. The maximum absolute atomic E-state index is 10.8. The first-order valence-corrected chi connectivity index (χ1v) is 4.69. The number of carboxylic acids is 1. The summed E-state index contributed by atoms with van der Waals surface area (Å²) in [5.74, 6) is -1.61. The monoisotopic (exact) mass is 259 g/mol. The second-order valence-electron chi connectivity index (χ2n) is 2.75. The molecule has 0 aromatic carbocycles. The Hall–Kier alpha value is -1.14. The average Bonchev–Trinajstić information content (AvgIpc) is 2.11. The van der Waals surface area contributed by atoms with Crippen LogP contribution >= 0.6 is 15.9 Å². The molecular formula is C8H10BrN3O2. The molecule has 1 rings (SSSR count). The summed E-state index contributed by atoms with van der Waals surface area (Å²) in [6.45, 7) is -0.00231. The van der Waals surface area contributed by atoms with Crippen molar-refractivity contribution in [1.29, 1.82) is 0 Å². The zero-order valence-corrected chi connectivity index (χ0v) is 8.86. The quantitative estimate of drug-likeness (QED) is 0.736. The minimum Gasteiger partial charge on any atom is -0.481 e. The summed E-state index contributed by atoms with van der Waals surface area (Å²) in [5.41, 5.74) is 11.3. The van der Waals surface area contributed by atoms with Gasteiger partial charge in [-0.1, -0.05) is 0 Å². The molecule has 5 N–H and O–H groups in total. The fourth-order valence-corrected chi connectivity index (χ4v) is 1.45. The van der Waals surface area contributed by atoms with Gasteiger partial charge in [0, 0.05) is 22.8 Å². The summed E-state index contributed by atoms with van der Waals surface area (Å²) in [5, 5.41) is 8.86. The predicted molar refractivity (Wildman–Crippen MR) is 55.8 cm³/mol. The molecule has 76 valence electrons. The third-order valence-corrected chi connectivity index (χ3v) is 2.26. The Labute approximate surface area is 89.2 Å². The normalized spacial score (nSPS) is 12.4. The highest BCUT2D eigenvalue weighted by Gasteiger charge is 2.21. The van der Waals surface area contributed by atoms with E-state index in [-0.39, 0.29) is 12.4 Å². The summed E-state index contributed by atoms with van der Waals surface area (Å²) < 4.78 is 0.682. The van der Waals surface area contributed by atoms with E-state index >= 15 is 0 Å². The highest BCUT2D eigenvalue weighted by atomic mass is 79.9. The van der Waals surface area contributed by atoms with Crippen LogP contribution in [0.5, 0.6) is 0 Å². The number of anilines is 1. The zero-order valence-electron chi connectivity index (χ0n) is 7.27. The standard InChI is InChI=1S/C8H10BrN3O2/c9-4-1-5(7(11)12-3-4)6(2-10)8(13)14/h1,3,6H,2,10H2,(H2,11,12)(H,13,14).